The summed E-state index contributed by atoms with van der Waals surface area (Å²) in [5.41, 5.74) is 5.36. The second-order valence-electron chi connectivity index (χ2n) is 4.37. The molecule has 1 fully saturated rings. The van der Waals surface area contributed by atoms with Gasteiger partial charge < -0.3 is 16.4 Å². The van der Waals surface area contributed by atoms with Crippen LogP contribution in [-0.2, 0) is 0 Å². The molecule has 0 aliphatic carbocycles. The monoisotopic (exact) mass is 245 g/mol. The number of nitrogens with two attached hydrogens (primary N) is 1. The predicted molar refractivity (Wildman–Crippen MR) is 74.7 cm³/mol. The maximum atomic E-state index is 5.36. The highest BCUT2D eigenvalue weighted by Crippen LogP contribution is 2.06. The number of nitrogens with one attached hydrogen (secondary N) is 2. The number of nitrogens with zero attached hydrogens (tertiary/aromatic N) is 2. The summed E-state index contributed by atoms with van der Waals surface area (Å²) in [5.74, 6) is 0. The Bertz CT molecular complexity index is 141. The van der Waals surface area contributed by atoms with Gasteiger partial charge in [-0.05, 0) is 46.6 Å². The fourth-order valence-electron chi connectivity index (χ4n) is 1.87. The largest absolute Gasteiger partial charge is 0.318 e. The number of rotatable bonds is 6. The average Bonchev–Trinajstić information content (AvgIpc) is 2.38. The zero-order valence-corrected chi connectivity index (χ0v) is 11.8. The van der Waals surface area contributed by atoms with Crippen molar-refractivity contribution in [3.8, 4) is 0 Å². The molecule has 0 spiro atoms. The van der Waals surface area contributed by atoms with Crippen LogP contribution in [0.3, 0.4) is 0 Å². The molecule has 0 aromatic rings. The van der Waals surface area contributed by atoms with Gasteiger partial charge in [-0.25, -0.2) is 0 Å². The van der Waals surface area contributed by atoms with Crippen molar-refractivity contribution >= 4 is 0 Å². The van der Waals surface area contributed by atoms with Crippen LogP contribution < -0.4 is 16.4 Å². The summed E-state index contributed by atoms with van der Waals surface area (Å²) in [6.45, 7) is 8.27. The van der Waals surface area contributed by atoms with Crippen molar-refractivity contribution in [1.82, 2.24) is 20.4 Å². The second-order valence-corrected chi connectivity index (χ2v) is 4.37. The van der Waals surface area contributed by atoms with Crippen molar-refractivity contribution < 1.29 is 0 Å². The number of hydrogen-bond acceptors (Lipinski definition) is 5. The molecule has 0 aromatic carbocycles. The van der Waals surface area contributed by atoms with Gasteiger partial charge in [0.1, 0.15) is 0 Å². The van der Waals surface area contributed by atoms with Crippen LogP contribution in [-0.4, -0.2) is 63.5 Å². The molecule has 0 saturated carbocycles. The molecule has 0 unspecified atom stereocenters. The van der Waals surface area contributed by atoms with Crippen LogP contribution >= 0.6 is 0 Å². The van der Waals surface area contributed by atoms with Crippen molar-refractivity contribution in [2.24, 2.45) is 5.73 Å². The third-order valence-corrected chi connectivity index (χ3v) is 2.92. The first-order valence-corrected chi connectivity index (χ1v) is 6.72. The molecule has 0 atom stereocenters. The van der Waals surface area contributed by atoms with Crippen LogP contribution in [0.15, 0.2) is 0 Å². The molecule has 0 amide bonds. The van der Waals surface area contributed by atoms with Crippen LogP contribution in [0.2, 0.25) is 0 Å². The minimum atomic E-state index is 0.636. The van der Waals surface area contributed by atoms with E-state index < -0.39 is 0 Å². The van der Waals surface area contributed by atoms with E-state index in [-0.39, 0.29) is 0 Å². The first-order valence-electron chi connectivity index (χ1n) is 6.72. The van der Waals surface area contributed by atoms with Gasteiger partial charge in [-0.3, -0.25) is 9.80 Å². The Morgan fingerprint density at radius 1 is 1.12 bits per heavy atom. The van der Waals surface area contributed by atoms with Crippen LogP contribution in [0.4, 0.5) is 0 Å². The van der Waals surface area contributed by atoms with E-state index in [0.717, 1.165) is 19.9 Å². The molecule has 4 N–H and O–H groups in total. The molecule has 0 aromatic heterocycles. The van der Waals surface area contributed by atoms with Crippen LogP contribution in [0, 0.1) is 0 Å². The number of likely N-dealkylation sites (tertiary alicyclic amines) is 1. The van der Waals surface area contributed by atoms with Crippen molar-refractivity contribution in [2.45, 2.75) is 26.2 Å². The van der Waals surface area contributed by atoms with Gasteiger partial charge in [-0.1, -0.05) is 13.3 Å². The van der Waals surface area contributed by atoms with Gasteiger partial charge in [0, 0.05) is 20.0 Å². The maximum Gasteiger partial charge on any atom is 0.0489 e. The summed E-state index contributed by atoms with van der Waals surface area (Å²) in [7, 11) is 3.92. The fourth-order valence-corrected chi connectivity index (χ4v) is 1.87. The van der Waals surface area contributed by atoms with E-state index in [0.29, 0.717) is 6.67 Å². The summed E-state index contributed by atoms with van der Waals surface area (Å²) in [6.07, 6.45) is 4.21. The van der Waals surface area contributed by atoms with Crippen LogP contribution in [0.5, 0.6) is 0 Å². The first-order chi connectivity index (χ1) is 8.28. The van der Waals surface area contributed by atoms with Gasteiger partial charge in [0.25, 0.3) is 0 Å². The van der Waals surface area contributed by atoms with Gasteiger partial charge in [0.2, 0.25) is 0 Å². The zero-order chi connectivity index (χ0) is 12.9. The highest BCUT2D eigenvalue weighted by Gasteiger charge is 2.07. The van der Waals surface area contributed by atoms with Crippen molar-refractivity contribution in [3.63, 3.8) is 0 Å². The smallest absolute Gasteiger partial charge is 0.0489 e. The molecule has 5 heteroatoms. The lowest BCUT2D eigenvalue weighted by Crippen LogP contribution is -2.36. The van der Waals surface area contributed by atoms with Crippen molar-refractivity contribution in [3.05, 3.63) is 0 Å². The minimum absolute atomic E-state index is 0.636. The van der Waals surface area contributed by atoms with Gasteiger partial charge >= 0.3 is 0 Å². The summed E-state index contributed by atoms with van der Waals surface area (Å²) >= 11 is 0. The van der Waals surface area contributed by atoms with Crippen molar-refractivity contribution in [1.29, 1.82) is 0 Å². The molecule has 1 saturated heterocycles. The van der Waals surface area contributed by atoms with E-state index in [9.17, 15) is 0 Å². The molecular weight excluding hydrogens is 214 g/mol. The van der Waals surface area contributed by atoms with Gasteiger partial charge in [-0.15, -0.1) is 0 Å². The standard InChI is InChI=1S/C7H16N2.C5H15N3/c1-8-7-9-5-3-2-4-6-9;1-3-8(4-6)5-7-2/h8H,2-7H2,1H3;7H,3-6H2,1-2H3. The van der Waals surface area contributed by atoms with Gasteiger partial charge in [-0.2, -0.15) is 0 Å². The predicted octanol–water partition coefficient (Wildman–Crippen LogP) is 0.0506. The molecule has 1 aliphatic heterocycles. The lowest BCUT2D eigenvalue weighted by atomic mass is 10.1. The summed E-state index contributed by atoms with van der Waals surface area (Å²) in [4.78, 5) is 4.56. The Labute approximate surface area is 107 Å². The topological polar surface area (TPSA) is 56.6 Å². The maximum absolute atomic E-state index is 5.36. The number of piperidine rings is 1. The summed E-state index contributed by atoms with van der Waals surface area (Å²) in [6, 6.07) is 0. The molecular formula is C12H31N5. The highest BCUT2D eigenvalue weighted by atomic mass is 15.2. The molecule has 1 heterocycles. The Morgan fingerprint density at radius 2 is 1.76 bits per heavy atom. The van der Waals surface area contributed by atoms with E-state index in [1.807, 2.05) is 14.1 Å². The summed E-state index contributed by atoms with van der Waals surface area (Å²) in [5, 5.41) is 6.18. The van der Waals surface area contributed by atoms with Crippen LogP contribution in [0.25, 0.3) is 0 Å². The van der Waals surface area contributed by atoms with Crippen LogP contribution in [0.1, 0.15) is 26.2 Å². The van der Waals surface area contributed by atoms with Gasteiger partial charge in [0.05, 0.1) is 0 Å². The third kappa shape index (κ3) is 9.50. The molecule has 0 bridgehead atoms. The molecule has 17 heavy (non-hydrogen) atoms. The van der Waals surface area contributed by atoms with E-state index in [1.54, 1.807) is 0 Å². The fraction of sp³-hybridized carbons (Fsp3) is 1.00. The Morgan fingerprint density at radius 3 is 2.12 bits per heavy atom. The highest BCUT2D eigenvalue weighted by molar-refractivity contribution is 4.61. The Kier molecular flexibility index (Phi) is 12.1. The summed E-state index contributed by atoms with van der Waals surface area (Å²) < 4.78 is 0. The molecule has 104 valence electrons. The molecule has 5 nitrogen and oxygen atoms in total. The molecule has 1 aliphatic rings. The van der Waals surface area contributed by atoms with Gasteiger partial charge in [0.15, 0.2) is 0 Å². The minimum Gasteiger partial charge on any atom is -0.318 e. The SMILES string of the molecule is CCN(CN)CNC.CNCN1CCCCC1. The lowest BCUT2D eigenvalue weighted by Gasteiger charge is -2.25. The Hall–Kier alpha value is -0.200. The van der Waals surface area contributed by atoms with E-state index in [4.69, 9.17) is 5.73 Å². The Balaban J connectivity index is 0.000000304. The molecule has 1 rings (SSSR count). The normalized spacial score (nSPS) is 16.8. The number of hydrogen-bond donors (Lipinski definition) is 3. The zero-order valence-electron chi connectivity index (χ0n) is 11.8. The third-order valence-electron chi connectivity index (χ3n) is 2.92. The molecule has 0 radical (unpaired) electrons. The quantitative estimate of drug-likeness (QED) is 0.577. The lowest BCUT2D eigenvalue weighted by molar-refractivity contribution is 0.218. The van der Waals surface area contributed by atoms with E-state index in [2.05, 4.69) is 27.4 Å². The average molecular weight is 245 g/mol. The first kappa shape index (κ1) is 16.8. The van der Waals surface area contributed by atoms with E-state index in [1.165, 1.54) is 32.4 Å². The second kappa shape index (κ2) is 12.3. The van der Waals surface area contributed by atoms with Crippen molar-refractivity contribution in [2.75, 3.05) is 53.7 Å². The van der Waals surface area contributed by atoms with E-state index >= 15 is 0 Å².